The minimum Gasteiger partial charge on any atom is -0.466 e. The molecule has 1 atom stereocenters. The van der Waals surface area contributed by atoms with Crippen molar-refractivity contribution in [1.82, 2.24) is 0 Å². The second-order valence-corrected chi connectivity index (χ2v) is 4.81. The molecule has 1 unspecified atom stereocenters. The van der Waals surface area contributed by atoms with Gasteiger partial charge in [0.15, 0.2) is 0 Å². The van der Waals surface area contributed by atoms with Crippen molar-refractivity contribution in [2.75, 3.05) is 24.6 Å². The van der Waals surface area contributed by atoms with E-state index in [1.54, 1.807) is 6.92 Å². The molecule has 1 saturated heterocycles. The van der Waals surface area contributed by atoms with Gasteiger partial charge in [-0.25, -0.2) is 4.39 Å². The van der Waals surface area contributed by atoms with Crippen molar-refractivity contribution >= 4 is 11.7 Å². The molecular weight excluding hydrogens is 259 g/mol. The summed E-state index contributed by atoms with van der Waals surface area (Å²) >= 11 is 0. The number of halogens is 1. The van der Waals surface area contributed by atoms with Crippen LogP contribution < -0.4 is 4.90 Å². The fraction of sp³-hybridized carbons (Fsp3) is 0.467. The van der Waals surface area contributed by atoms with Crippen molar-refractivity contribution in [3.63, 3.8) is 0 Å². The summed E-state index contributed by atoms with van der Waals surface area (Å²) in [5, 5.41) is 9.11. The van der Waals surface area contributed by atoms with E-state index in [9.17, 15) is 9.18 Å². The number of carbonyl (C=O) groups excluding carboxylic acids is 1. The number of ether oxygens (including phenoxy) is 1. The van der Waals surface area contributed by atoms with Gasteiger partial charge in [0.1, 0.15) is 11.9 Å². The summed E-state index contributed by atoms with van der Waals surface area (Å²) in [7, 11) is 0. The molecule has 0 bridgehead atoms. The molecule has 0 radical (unpaired) electrons. The highest BCUT2D eigenvalue weighted by Gasteiger charge is 2.28. The average molecular weight is 276 g/mol. The molecule has 0 spiro atoms. The van der Waals surface area contributed by atoms with Crippen LogP contribution in [-0.2, 0) is 9.53 Å². The summed E-state index contributed by atoms with van der Waals surface area (Å²) in [5.74, 6) is -0.803. The first-order valence-corrected chi connectivity index (χ1v) is 6.77. The molecule has 1 aromatic rings. The molecule has 106 valence electrons. The van der Waals surface area contributed by atoms with Crippen molar-refractivity contribution in [2.24, 2.45) is 5.92 Å². The number of hydrogen-bond donors (Lipinski definition) is 0. The number of hydrogen-bond acceptors (Lipinski definition) is 4. The maximum absolute atomic E-state index is 13.4. The maximum atomic E-state index is 13.4. The predicted molar refractivity (Wildman–Crippen MR) is 72.7 cm³/mol. The summed E-state index contributed by atoms with van der Waals surface area (Å²) in [6, 6.07) is 6.16. The molecule has 1 aromatic carbocycles. The summed E-state index contributed by atoms with van der Waals surface area (Å²) in [6.07, 6.45) is 1.59. The normalized spacial score (nSPS) is 18.4. The number of benzene rings is 1. The van der Waals surface area contributed by atoms with Gasteiger partial charge in [0, 0.05) is 13.1 Å². The standard InChI is InChI=1S/C15H17FN2O2/c1-2-20-15(19)12-4-3-7-18(10-12)14-8-13(16)6-5-11(14)9-17/h5-6,8,12H,2-4,7,10H2,1H3. The lowest BCUT2D eigenvalue weighted by molar-refractivity contribution is -0.148. The van der Waals surface area contributed by atoms with E-state index in [4.69, 9.17) is 10.00 Å². The third-order valence-corrected chi connectivity index (χ3v) is 3.46. The molecule has 0 amide bonds. The number of rotatable bonds is 3. The quantitative estimate of drug-likeness (QED) is 0.796. The smallest absolute Gasteiger partial charge is 0.310 e. The van der Waals surface area contributed by atoms with Crippen molar-refractivity contribution in [3.05, 3.63) is 29.6 Å². The van der Waals surface area contributed by atoms with E-state index in [1.807, 2.05) is 4.90 Å². The van der Waals surface area contributed by atoms with Gasteiger partial charge in [-0.15, -0.1) is 0 Å². The molecule has 0 aromatic heterocycles. The van der Waals surface area contributed by atoms with Gasteiger partial charge in [-0.3, -0.25) is 4.79 Å². The Balaban J connectivity index is 2.19. The van der Waals surface area contributed by atoms with Gasteiger partial charge in [-0.2, -0.15) is 5.26 Å². The topological polar surface area (TPSA) is 53.3 Å². The fourth-order valence-electron chi connectivity index (χ4n) is 2.51. The average Bonchev–Trinajstić information content (AvgIpc) is 2.47. The molecule has 1 aliphatic rings. The second kappa shape index (κ2) is 6.38. The zero-order chi connectivity index (χ0) is 14.5. The largest absolute Gasteiger partial charge is 0.466 e. The second-order valence-electron chi connectivity index (χ2n) is 4.81. The van der Waals surface area contributed by atoms with Crippen molar-refractivity contribution in [1.29, 1.82) is 5.26 Å². The van der Waals surface area contributed by atoms with Gasteiger partial charge in [0.2, 0.25) is 0 Å². The van der Waals surface area contributed by atoms with Crippen LogP contribution in [0.2, 0.25) is 0 Å². The Morgan fingerprint density at radius 2 is 2.40 bits per heavy atom. The van der Waals surface area contributed by atoms with Crippen LogP contribution in [0.3, 0.4) is 0 Å². The first kappa shape index (κ1) is 14.3. The lowest BCUT2D eigenvalue weighted by Gasteiger charge is -2.33. The van der Waals surface area contributed by atoms with Crippen molar-refractivity contribution < 1.29 is 13.9 Å². The molecular formula is C15H17FN2O2. The molecule has 1 aliphatic heterocycles. The number of esters is 1. The lowest BCUT2D eigenvalue weighted by Crippen LogP contribution is -2.39. The van der Waals surface area contributed by atoms with Crippen LogP contribution in [0.25, 0.3) is 0 Å². The first-order valence-electron chi connectivity index (χ1n) is 6.77. The van der Waals surface area contributed by atoms with Gasteiger partial charge in [-0.1, -0.05) is 0 Å². The molecule has 1 heterocycles. The number of anilines is 1. The Kier molecular flexibility index (Phi) is 4.57. The van der Waals surface area contributed by atoms with E-state index in [0.717, 1.165) is 12.8 Å². The van der Waals surface area contributed by atoms with E-state index >= 15 is 0 Å². The highest BCUT2D eigenvalue weighted by Crippen LogP contribution is 2.27. The predicted octanol–water partition coefficient (Wildman–Crippen LogP) is 2.48. The van der Waals surface area contributed by atoms with Crippen molar-refractivity contribution in [2.45, 2.75) is 19.8 Å². The minimum absolute atomic E-state index is 0.210. The van der Waals surface area contributed by atoms with E-state index in [-0.39, 0.29) is 17.7 Å². The van der Waals surface area contributed by atoms with E-state index in [1.165, 1.54) is 18.2 Å². The van der Waals surface area contributed by atoms with Gasteiger partial charge in [0.25, 0.3) is 0 Å². The van der Waals surface area contributed by atoms with E-state index in [2.05, 4.69) is 6.07 Å². The number of piperidine rings is 1. The summed E-state index contributed by atoms with van der Waals surface area (Å²) < 4.78 is 18.4. The molecule has 20 heavy (non-hydrogen) atoms. The Bertz CT molecular complexity index is 539. The molecule has 0 saturated carbocycles. The third kappa shape index (κ3) is 3.08. The zero-order valence-electron chi connectivity index (χ0n) is 11.4. The van der Waals surface area contributed by atoms with Gasteiger partial charge >= 0.3 is 5.97 Å². The Hall–Kier alpha value is -2.09. The fourth-order valence-corrected chi connectivity index (χ4v) is 2.51. The van der Waals surface area contributed by atoms with Crippen LogP contribution in [0.4, 0.5) is 10.1 Å². The summed E-state index contributed by atoms with van der Waals surface area (Å²) in [5.41, 5.74) is 0.984. The van der Waals surface area contributed by atoms with E-state index in [0.29, 0.717) is 30.9 Å². The van der Waals surface area contributed by atoms with Gasteiger partial charge in [-0.05, 0) is 38.0 Å². The molecule has 0 aliphatic carbocycles. The monoisotopic (exact) mass is 276 g/mol. The Morgan fingerprint density at radius 1 is 1.60 bits per heavy atom. The molecule has 4 nitrogen and oxygen atoms in total. The van der Waals surface area contributed by atoms with Crippen LogP contribution >= 0.6 is 0 Å². The summed E-state index contributed by atoms with van der Waals surface area (Å²) in [4.78, 5) is 13.7. The zero-order valence-corrected chi connectivity index (χ0v) is 11.4. The van der Waals surface area contributed by atoms with E-state index < -0.39 is 0 Å². The van der Waals surface area contributed by atoms with Crippen LogP contribution in [0.1, 0.15) is 25.3 Å². The highest BCUT2D eigenvalue weighted by atomic mass is 19.1. The summed E-state index contributed by atoms with van der Waals surface area (Å²) in [6.45, 7) is 3.32. The van der Waals surface area contributed by atoms with Gasteiger partial charge < -0.3 is 9.64 Å². The first-order chi connectivity index (χ1) is 9.65. The molecule has 0 N–H and O–H groups in total. The Labute approximate surface area is 117 Å². The van der Waals surface area contributed by atoms with Crippen LogP contribution in [0, 0.1) is 23.1 Å². The SMILES string of the molecule is CCOC(=O)C1CCCN(c2cc(F)ccc2C#N)C1. The molecule has 1 fully saturated rings. The van der Waals surface area contributed by atoms with Gasteiger partial charge in [0.05, 0.1) is 23.8 Å². The number of nitrogens with zero attached hydrogens (tertiary/aromatic N) is 2. The highest BCUT2D eigenvalue weighted by molar-refractivity contribution is 5.74. The lowest BCUT2D eigenvalue weighted by atomic mass is 9.97. The minimum atomic E-state index is -0.378. The van der Waals surface area contributed by atoms with Crippen LogP contribution in [0.15, 0.2) is 18.2 Å². The maximum Gasteiger partial charge on any atom is 0.310 e. The third-order valence-electron chi connectivity index (χ3n) is 3.46. The molecule has 2 rings (SSSR count). The Morgan fingerprint density at radius 3 is 3.10 bits per heavy atom. The number of carbonyl (C=O) groups is 1. The van der Waals surface area contributed by atoms with Crippen LogP contribution in [-0.4, -0.2) is 25.7 Å². The van der Waals surface area contributed by atoms with Crippen LogP contribution in [0.5, 0.6) is 0 Å². The number of nitriles is 1. The van der Waals surface area contributed by atoms with Crippen molar-refractivity contribution in [3.8, 4) is 6.07 Å². The molecule has 5 heteroatoms.